The Hall–Kier alpha value is -13.7. The minimum Gasteiger partial charge on any atom is -0.454 e. The first-order valence-corrected chi connectivity index (χ1v) is 45.3. The van der Waals surface area contributed by atoms with Gasteiger partial charge in [0.2, 0.25) is 13.3 Å². The third kappa shape index (κ3) is 15.4. The molecule has 0 atom stereocenters. The van der Waals surface area contributed by atoms with Gasteiger partial charge in [0, 0.05) is 92.9 Å². The number of carbonyl (C=O) groups excluding carboxylic acids is 16. The van der Waals surface area contributed by atoms with E-state index >= 15 is 0 Å². The van der Waals surface area contributed by atoms with Gasteiger partial charge >= 0.3 is 0 Å². The maximum absolute atomic E-state index is 12.1. The van der Waals surface area contributed by atoms with E-state index in [4.69, 9.17) is 9.47 Å². The Morgan fingerprint density at radius 3 is 0.922 bits per heavy atom. The number of ether oxygens (including phenoxy) is 2. The summed E-state index contributed by atoms with van der Waals surface area (Å²) in [6.07, 6.45) is 0.100. The summed E-state index contributed by atoms with van der Waals surface area (Å²) in [4.78, 5) is 187. The van der Waals surface area contributed by atoms with Gasteiger partial charge in [-0.05, 0) is 206 Å². The highest BCUT2D eigenvalue weighted by Crippen LogP contribution is 2.47. The largest absolute Gasteiger partial charge is 0.454 e. The Kier molecular flexibility index (Phi) is 22.0. The maximum atomic E-state index is 12.1. The predicted molar refractivity (Wildman–Crippen MR) is 509 cm³/mol. The highest BCUT2D eigenvalue weighted by Gasteiger charge is 2.51. The zero-order valence-corrected chi connectivity index (χ0v) is 75.0. The molecule has 0 spiro atoms. The van der Waals surface area contributed by atoms with Crippen LogP contribution in [0.5, 0.6) is 11.5 Å². The number of hydrogen-bond donors (Lipinski definition) is 0. The zero-order valence-electron chi connectivity index (χ0n) is 67.0. The minimum absolute atomic E-state index is 0.0152. The Morgan fingerprint density at radius 2 is 0.496 bits per heavy atom. The molecule has 15 aromatic carbocycles. The van der Waals surface area contributed by atoms with E-state index in [0.29, 0.717) is 101 Å². The Morgan fingerprint density at radius 1 is 0.217 bits per heavy atom. The minimum atomic E-state index is -1.28. The van der Waals surface area contributed by atoms with Crippen molar-refractivity contribution in [2.24, 2.45) is 0 Å². The highest BCUT2D eigenvalue weighted by atomic mass is 79.9. The lowest BCUT2D eigenvalue weighted by Crippen LogP contribution is -2.25. The van der Waals surface area contributed by atoms with Crippen molar-refractivity contribution in [2.75, 3.05) is 6.79 Å². The van der Waals surface area contributed by atoms with Crippen LogP contribution in [0.1, 0.15) is 204 Å². The molecular formula is C105H58Br4O18S2. The molecule has 0 radical (unpaired) electrons. The first kappa shape index (κ1) is 84.8. The van der Waals surface area contributed by atoms with E-state index in [0.717, 1.165) is 95.6 Å². The molecule has 18 nitrogen and oxygen atoms in total. The summed E-state index contributed by atoms with van der Waals surface area (Å²) in [5.74, 6) is -0.774. The second-order valence-electron chi connectivity index (χ2n) is 31.6. The van der Waals surface area contributed by atoms with Crippen molar-refractivity contribution in [3.8, 4) is 11.5 Å². The van der Waals surface area contributed by atoms with Gasteiger partial charge < -0.3 is 9.47 Å². The summed E-state index contributed by atoms with van der Waals surface area (Å²) in [5.41, 5.74) is 8.68. The van der Waals surface area contributed by atoms with Crippen LogP contribution in [-0.4, -0.2) is 106 Å². The topological polar surface area (TPSA) is 292 Å². The molecule has 0 fully saturated rings. The van der Waals surface area contributed by atoms with E-state index in [1.54, 1.807) is 71.2 Å². The lowest BCUT2D eigenvalue weighted by atomic mass is 9.97. The molecule has 3 heterocycles. The van der Waals surface area contributed by atoms with Crippen LogP contribution >= 0.6 is 86.4 Å². The standard InChI is InChI=1S/2C17H10O2.C13H6Br2O2.2C13H8O2.C11H4Br2O2S.C11H6O2S.C10H6O4/c18-16-9-17(19)15-8-13-6-11-4-2-1-3-10(11)5-12(13)7-14(15)16;18-15-9-16(19)17-13(15)6-5-12-7-10-3-1-2-4-11(10)8-14(12)17;14-13(15)11(16)9-5-7-3-1-2-4-8(7)6-10(9)12(13)17;14-12-7-13(15)11-6-9-4-2-1-3-8(9)5-10(11)12;14-11-7-12(15)13-9-4-2-1-3-8(9)5-6-10(11)13;12-11(13)9(14)6-3-5-1-2-16-8(5)4-7(6)10(11)15;12-9-5-10(13)8-4-11-6(1-2-14-11)3-7(8)9;11-6-3-7(12)9-5(6)1-2-8-10(9)14-4-13-8/h2*1-8H,9H2;1-6H;2*1-6H,7H2;1-4H;1-4H,5H2;1-2H,3-4H2. The van der Waals surface area contributed by atoms with Gasteiger partial charge in [-0.3, -0.25) is 76.7 Å². The van der Waals surface area contributed by atoms with Crippen LogP contribution < -0.4 is 9.47 Å². The van der Waals surface area contributed by atoms with Crippen molar-refractivity contribution in [1.82, 2.24) is 0 Å². The van der Waals surface area contributed by atoms with E-state index in [2.05, 4.69) is 100 Å². The molecule has 8 aliphatic carbocycles. The summed E-state index contributed by atoms with van der Waals surface area (Å²) in [7, 11) is 0. The summed E-state index contributed by atoms with van der Waals surface area (Å²) >= 11 is 15.7. The number of thiophene rings is 2. The lowest BCUT2D eigenvalue weighted by Gasteiger charge is -2.06. The van der Waals surface area contributed by atoms with Gasteiger partial charge in [0.05, 0.1) is 44.1 Å². The average Bonchev–Trinajstić information content (AvgIpc) is 1.62. The molecule has 0 bridgehead atoms. The average molecular weight is 1990 g/mol. The number of ketones is 16. The molecule has 0 saturated heterocycles. The SMILES string of the molecule is O=C1CC(=O)c2c1ccc1c2OCO1.O=C1CC(=O)c2c1ccc1cc3ccccc3cc21.O=C1CC(=O)c2c1ccc1ccccc21.O=C1CC(=O)c2cc3cc4ccccc4cc3cc21.O=C1CC(=O)c2cc3ccccc3cc21.O=C1CC(=O)c2cc3sccc3cc21.O=C1c2cc3ccccc3cc2C(=O)C1(Br)Br.O=C1c2cc3ccsc3cc2C(=O)C1(Br)Br. The molecule has 0 unspecified atom stereocenters. The van der Waals surface area contributed by atoms with E-state index in [1.165, 1.54) is 0 Å². The molecule has 0 amide bonds. The monoisotopic (exact) mass is 1990 g/mol. The Labute approximate surface area is 772 Å². The Bertz CT molecular complexity index is 7780. The second kappa shape index (κ2) is 33.5. The molecular weight excluding hydrogens is 1930 g/mol. The first-order chi connectivity index (χ1) is 62.0. The lowest BCUT2D eigenvalue weighted by molar-refractivity contribution is 0.0905. The van der Waals surface area contributed by atoms with Crippen LogP contribution in [-0.2, 0) is 0 Å². The van der Waals surface area contributed by atoms with Crippen molar-refractivity contribution in [3.05, 3.63) is 355 Å². The first-order valence-electron chi connectivity index (χ1n) is 40.3. The number of benzene rings is 15. The number of carbonyl (C=O) groups is 16. The molecule has 0 N–H and O–H groups in total. The summed E-state index contributed by atoms with van der Waals surface area (Å²) < 4.78 is 9.85. The number of fused-ring (bicyclic) bond motifs is 21. The van der Waals surface area contributed by atoms with Crippen LogP contribution in [0.3, 0.4) is 0 Å². The van der Waals surface area contributed by atoms with Crippen LogP contribution in [0, 0.1) is 0 Å². The molecule has 1 aliphatic heterocycles. The van der Waals surface area contributed by atoms with Gasteiger partial charge in [-0.2, -0.15) is 0 Å². The van der Waals surface area contributed by atoms with Gasteiger partial charge in [0.1, 0.15) is 0 Å². The Balaban J connectivity index is 0.0000000959. The van der Waals surface area contributed by atoms with Gasteiger partial charge in [0.25, 0.3) is 0 Å². The van der Waals surface area contributed by atoms with Gasteiger partial charge in [-0.1, -0.05) is 209 Å². The third-order valence-corrected chi connectivity index (χ3v) is 28.4. The van der Waals surface area contributed by atoms with E-state index < -0.39 is 6.47 Å². The van der Waals surface area contributed by atoms with Crippen molar-refractivity contribution >= 4 is 275 Å². The van der Waals surface area contributed by atoms with E-state index in [1.807, 2.05) is 181 Å². The van der Waals surface area contributed by atoms with Gasteiger partial charge in [0.15, 0.2) is 104 Å². The van der Waals surface area contributed by atoms with Crippen LogP contribution in [0.25, 0.3) is 95.6 Å². The van der Waals surface area contributed by atoms with Gasteiger partial charge in [-0.15, -0.1) is 22.7 Å². The highest BCUT2D eigenvalue weighted by molar-refractivity contribution is 9.26. The number of alkyl halides is 4. The van der Waals surface area contributed by atoms with Crippen LogP contribution in [0.15, 0.2) is 266 Å². The fourth-order valence-corrected chi connectivity index (χ4v) is 20.7. The fraction of sp³-hybridized carbons (Fsp3) is 0.0857. The van der Waals surface area contributed by atoms with Gasteiger partial charge in [-0.25, -0.2) is 0 Å². The fourth-order valence-electron chi connectivity index (χ4n) is 17.3. The summed E-state index contributed by atoms with van der Waals surface area (Å²) in [6.45, 7) is 0.118. The predicted octanol–water partition coefficient (Wildman–Crippen LogP) is 24.1. The molecule has 17 aromatic rings. The maximum Gasteiger partial charge on any atom is 0.231 e. The second-order valence-corrected chi connectivity index (χ2v) is 40.4. The molecule has 24 heteroatoms. The summed E-state index contributed by atoms with van der Waals surface area (Å²) in [5, 5.41) is 20.3. The molecule has 26 rings (SSSR count). The third-order valence-electron chi connectivity index (χ3n) is 23.7. The number of rotatable bonds is 0. The van der Waals surface area contributed by atoms with E-state index in [9.17, 15) is 76.7 Å². The normalized spacial score (nSPS) is 15.7. The van der Waals surface area contributed by atoms with Crippen molar-refractivity contribution in [1.29, 1.82) is 0 Å². The van der Waals surface area contributed by atoms with Crippen LogP contribution in [0.2, 0.25) is 0 Å². The number of halogens is 4. The quantitative estimate of drug-likeness (QED) is 0.0774. The zero-order chi connectivity index (χ0) is 89.9. The smallest absolute Gasteiger partial charge is 0.231 e. The van der Waals surface area contributed by atoms with Crippen LogP contribution in [0.4, 0.5) is 0 Å². The molecule has 2 aromatic heterocycles. The molecule has 9 aliphatic rings. The van der Waals surface area contributed by atoms with Crippen molar-refractivity contribution in [3.63, 3.8) is 0 Å². The molecule has 626 valence electrons. The van der Waals surface area contributed by atoms with E-state index in [-0.39, 0.29) is 138 Å². The number of Topliss-reactive ketones (excluding diaryl/α,β-unsaturated/α-hetero) is 16. The summed E-state index contributed by atoms with van der Waals surface area (Å²) in [6, 6.07) is 80.1. The van der Waals surface area contributed by atoms with Crippen molar-refractivity contribution < 1.29 is 86.2 Å². The van der Waals surface area contributed by atoms with Crippen molar-refractivity contribution in [2.45, 2.75) is 45.0 Å². The molecule has 129 heavy (non-hydrogen) atoms. The number of hydrogen-bond acceptors (Lipinski definition) is 20. The molecule has 0 saturated carbocycles.